The van der Waals surface area contributed by atoms with Crippen LogP contribution in [0.4, 0.5) is 4.39 Å². The zero-order chi connectivity index (χ0) is 13.7. The monoisotopic (exact) mass is 265 g/mol. The molecular formula is C15H20FNO2. The molecular weight excluding hydrogens is 245 g/mol. The number of hydrogen-bond donors (Lipinski definition) is 2. The maximum Gasteiger partial charge on any atom is 0.222 e. The van der Waals surface area contributed by atoms with Crippen molar-refractivity contribution in [2.45, 2.75) is 44.1 Å². The molecule has 0 bridgehead atoms. The largest absolute Gasteiger partial charge is 0.389 e. The fourth-order valence-corrected chi connectivity index (χ4v) is 2.57. The predicted octanol–water partition coefficient (Wildman–Crippen LogP) is 2.18. The Kier molecular flexibility index (Phi) is 4.53. The van der Waals surface area contributed by atoms with E-state index in [4.69, 9.17) is 0 Å². The highest BCUT2D eigenvalue weighted by atomic mass is 19.1. The van der Waals surface area contributed by atoms with Crippen molar-refractivity contribution in [3.05, 3.63) is 35.6 Å². The molecule has 1 saturated carbocycles. The molecule has 0 unspecified atom stereocenters. The number of carbonyl (C=O) groups is 1. The Bertz CT molecular complexity index is 424. The van der Waals surface area contributed by atoms with Crippen molar-refractivity contribution in [2.24, 2.45) is 0 Å². The highest BCUT2D eigenvalue weighted by Gasteiger charge is 2.33. The van der Waals surface area contributed by atoms with Gasteiger partial charge < -0.3 is 10.4 Å². The van der Waals surface area contributed by atoms with E-state index in [9.17, 15) is 14.3 Å². The molecule has 1 aliphatic carbocycles. The van der Waals surface area contributed by atoms with Crippen LogP contribution in [0.25, 0.3) is 0 Å². The molecule has 1 fully saturated rings. The van der Waals surface area contributed by atoms with Gasteiger partial charge >= 0.3 is 0 Å². The van der Waals surface area contributed by atoms with Gasteiger partial charge in [-0.15, -0.1) is 0 Å². The van der Waals surface area contributed by atoms with Gasteiger partial charge in [-0.2, -0.15) is 0 Å². The van der Waals surface area contributed by atoms with E-state index in [1.807, 2.05) is 0 Å². The van der Waals surface area contributed by atoms with E-state index in [2.05, 4.69) is 5.32 Å². The molecule has 0 aliphatic heterocycles. The van der Waals surface area contributed by atoms with Crippen LogP contribution in [-0.2, 0) is 11.2 Å². The third-order valence-corrected chi connectivity index (χ3v) is 3.67. The van der Waals surface area contributed by atoms with Crippen LogP contribution in [0.2, 0.25) is 0 Å². The van der Waals surface area contributed by atoms with Gasteiger partial charge in [0, 0.05) is 6.54 Å². The Hall–Kier alpha value is -1.42. The van der Waals surface area contributed by atoms with Gasteiger partial charge in [0.15, 0.2) is 0 Å². The van der Waals surface area contributed by atoms with Crippen molar-refractivity contribution in [3.8, 4) is 0 Å². The summed E-state index contributed by atoms with van der Waals surface area (Å²) in [5.41, 5.74) is 0.196. The minimum Gasteiger partial charge on any atom is -0.389 e. The van der Waals surface area contributed by atoms with Crippen molar-refractivity contribution >= 4 is 5.91 Å². The van der Waals surface area contributed by atoms with Crippen LogP contribution in [0.1, 0.15) is 37.7 Å². The topological polar surface area (TPSA) is 49.3 Å². The summed E-state index contributed by atoms with van der Waals surface area (Å²) >= 11 is 0. The summed E-state index contributed by atoms with van der Waals surface area (Å²) in [4.78, 5) is 11.7. The third-order valence-electron chi connectivity index (χ3n) is 3.67. The Morgan fingerprint density at radius 3 is 2.53 bits per heavy atom. The maximum absolute atomic E-state index is 12.7. The Morgan fingerprint density at radius 2 is 1.89 bits per heavy atom. The summed E-state index contributed by atoms with van der Waals surface area (Å²) < 4.78 is 12.7. The van der Waals surface area contributed by atoms with Crippen LogP contribution >= 0.6 is 0 Å². The molecule has 1 amide bonds. The van der Waals surface area contributed by atoms with Crippen molar-refractivity contribution < 1.29 is 14.3 Å². The molecule has 0 aromatic heterocycles. The zero-order valence-corrected chi connectivity index (χ0v) is 11.0. The lowest BCUT2D eigenvalue weighted by atomic mass is 9.97. The lowest BCUT2D eigenvalue weighted by Gasteiger charge is -2.21. The molecule has 0 saturated heterocycles. The standard InChI is InChI=1S/C15H20FNO2/c16-13-5-3-12(4-6-13)7-10-17-14(18)11-15(19)8-1-2-9-15/h3-6,19H,1-2,7-11H2,(H,17,18). The Labute approximate surface area is 112 Å². The summed E-state index contributed by atoms with van der Waals surface area (Å²) in [6.45, 7) is 0.514. The van der Waals surface area contributed by atoms with Gasteiger partial charge in [-0.25, -0.2) is 4.39 Å². The van der Waals surface area contributed by atoms with E-state index in [0.717, 1.165) is 31.2 Å². The van der Waals surface area contributed by atoms with Crippen molar-refractivity contribution in [3.63, 3.8) is 0 Å². The fourth-order valence-electron chi connectivity index (χ4n) is 2.57. The summed E-state index contributed by atoms with van der Waals surface area (Å²) in [5.74, 6) is -0.359. The second kappa shape index (κ2) is 6.15. The molecule has 104 valence electrons. The van der Waals surface area contributed by atoms with Crippen LogP contribution in [0.5, 0.6) is 0 Å². The summed E-state index contributed by atoms with van der Waals surface area (Å²) in [7, 11) is 0. The van der Waals surface area contributed by atoms with Gasteiger partial charge in [0.2, 0.25) is 5.91 Å². The smallest absolute Gasteiger partial charge is 0.222 e. The Morgan fingerprint density at radius 1 is 1.26 bits per heavy atom. The molecule has 1 aliphatic rings. The average molecular weight is 265 g/mol. The second-order valence-electron chi connectivity index (χ2n) is 5.33. The van der Waals surface area contributed by atoms with Crippen LogP contribution in [0.3, 0.4) is 0 Å². The summed E-state index contributed by atoms with van der Waals surface area (Å²) in [5, 5.41) is 12.9. The lowest BCUT2D eigenvalue weighted by molar-refractivity contribution is -0.125. The van der Waals surface area contributed by atoms with Gasteiger partial charge in [0.05, 0.1) is 12.0 Å². The predicted molar refractivity (Wildman–Crippen MR) is 71.1 cm³/mol. The maximum atomic E-state index is 12.7. The number of rotatable bonds is 5. The lowest BCUT2D eigenvalue weighted by Crippen LogP contribution is -2.35. The van der Waals surface area contributed by atoms with E-state index in [1.54, 1.807) is 12.1 Å². The molecule has 0 radical (unpaired) electrons. The summed E-state index contributed by atoms with van der Waals surface area (Å²) in [6.07, 6.45) is 4.30. The first-order valence-corrected chi connectivity index (χ1v) is 6.81. The normalized spacial score (nSPS) is 17.4. The highest BCUT2D eigenvalue weighted by Crippen LogP contribution is 2.32. The number of benzene rings is 1. The Balaban J connectivity index is 1.70. The first-order chi connectivity index (χ1) is 9.07. The minimum absolute atomic E-state index is 0.105. The van der Waals surface area contributed by atoms with Crippen LogP contribution in [-0.4, -0.2) is 23.2 Å². The molecule has 2 rings (SSSR count). The molecule has 0 spiro atoms. The molecule has 19 heavy (non-hydrogen) atoms. The third kappa shape index (κ3) is 4.31. The van der Waals surface area contributed by atoms with E-state index in [1.165, 1.54) is 12.1 Å². The quantitative estimate of drug-likeness (QED) is 0.857. The number of carbonyl (C=O) groups excluding carboxylic acids is 1. The van der Waals surface area contributed by atoms with E-state index < -0.39 is 5.60 Å². The van der Waals surface area contributed by atoms with Crippen LogP contribution in [0.15, 0.2) is 24.3 Å². The first kappa shape index (κ1) is 14.0. The number of nitrogens with one attached hydrogen (secondary N) is 1. The minimum atomic E-state index is -0.792. The summed E-state index contributed by atoms with van der Waals surface area (Å²) in [6, 6.07) is 6.26. The van der Waals surface area contributed by atoms with Crippen LogP contribution in [0, 0.1) is 5.82 Å². The number of amides is 1. The highest BCUT2D eigenvalue weighted by molar-refractivity contribution is 5.77. The molecule has 1 aromatic rings. The van der Waals surface area contributed by atoms with Crippen molar-refractivity contribution in [1.29, 1.82) is 0 Å². The number of hydrogen-bond acceptors (Lipinski definition) is 2. The molecule has 4 heteroatoms. The molecule has 0 atom stereocenters. The first-order valence-electron chi connectivity index (χ1n) is 6.81. The second-order valence-corrected chi connectivity index (χ2v) is 5.33. The van der Waals surface area contributed by atoms with Crippen molar-refractivity contribution in [2.75, 3.05) is 6.54 Å². The fraction of sp³-hybridized carbons (Fsp3) is 0.533. The van der Waals surface area contributed by atoms with Crippen molar-refractivity contribution in [1.82, 2.24) is 5.32 Å². The average Bonchev–Trinajstić information content (AvgIpc) is 2.78. The van der Waals surface area contributed by atoms with E-state index >= 15 is 0 Å². The van der Waals surface area contributed by atoms with Gasteiger partial charge in [-0.05, 0) is 37.0 Å². The van der Waals surface area contributed by atoms with Gasteiger partial charge in [0.1, 0.15) is 5.82 Å². The van der Waals surface area contributed by atoms with Gasteiger partial charge in [-0.3, -0.25) is 4.79 Å². The molecule has 1 aromatic carbocycles. The van der Waals surface area contributed by atoms with E-state index in [0.29, 0.717) is 13.0 Å². The van der Waals surface area contributed by atoms with Crippen LogP contribution < -0.4 is 5.32 Å². The van der Waals surface area contributed by atoms with Gasteiger partial charge in [-0.1, -0.05) is 25.0 Å². The SMILES string of the molecule is O=C(CC1(O)CCCC1)NCCc1ccc(F)cc1. The molecule has 2 N–H and O–H groups in total. The zero-order valence-electron chi connectivity index (χ0n) is 11.0. The van der Waals surface area contributed by atoms with E-state index in [-0.39, 0.29) is 18.1 Å². The number of halogens is 1. The molecule has 3 nitrogen and oxygen atoms in total. The molecule has 0 heterocycles. The number of aliphatic hydroxyl groups is 1. The van der Waals surface area contributed by atoms with Gasteiger partial charge in [0.25, 0.3) is 0 Å².